The third-order valence-corrected chi connectivity index (χ3v) is 29.2. The van der Waals surface area contributed by atoms with Crippen LogP contribution < -0.4 is 0 Å². The van der Waals surface area contributed by atoms with Gasteiger partial charge in [0.2, 0.25) is 0 Å². The van der Waals surface area contributed by atoms with Crippen molar-refractivity contribution in [3.63, 3.8) is 0 Å². The number of hydrogen-bond donors (Lipinski definition) is 0. The summed E-state index contributed by atoms with van der Waals surface area (Å²) in [6, 6.07) is 114. The first-order valence-electron chi connectivity index (χ1n) is 40.7. The maximum Gasteiger partial charge on any atom is 0.136 e. The first kappa shape index (κ1) is 63.5. The lowest BCUT2D eigenvalue weighted by atomic mass is 9.80. The van der Waals surface area contributed by atoms with E-state index < -0.39 is 0 Å². The molecule has 0 unspecified atom stereocenters. The van der Waals surface area contributed by atoms with Gasteiger partial charge in [-0.3, -0.25) is 0 Å². The Morgan fingerprint density at radius 2 is 0.580 bits per heavy atom. The topological polar surface area (TPSA) is 78.8 Å². The van der Waals surface area contributed by atoms with E-state index >= 15 is 0 Å². The first-order valence-corrected chi connectivity index (χ1v) is 42.3. The quantitative estimate of drug-likeness (QED) is 0.175. The molecule has 8 heterocycles. The van der Waals surface area contributed by atoms with E-state index in [9.17, 15) is 0 Å². The van der Waals surface area contributed by atoms with Crippen LogP contribution in [0.15, 0.2) is 342 Å². The van der Waals surface area contributed by atoms with Gasteiger partial charge in [-0.1, -0.05) is 202 Å². The first-order chi connectivity index (χ1) is 58.7. The fourth-order valence-corrected chi connectivity index (χ4v) is 24.2. The van der Waals surface area contributed by atoms with Crippen LogP contribution in [0.3, 0.4) is 0 Å². The molecule has 0 saturated carbocycles. The average Bonchev–Trinajstić information content (AvgIpc) is 1.52. The molecule has 4 aliphatic carbocycles. The molecule has 119 heavy (non-hydrogen) atoms. The number of benzene rings is 19. The summed E-state index contributed by atoms with van der Waals surface area (Å²) < 4.78 is 43.4. The maximum absolute atomic E-state index is 6.48. The van der Waals surface area contributed by atoms with Crippen LogP contribution in [0.25, 0.3) is 293 Å². The molecule has 0 amide bonds. The molecule has 0 radical (unpaired) electrons. The fraction of sp³-hybridized carbons (Fsp3) is 0.0270. The molecule has 550 valence electrons. The number of para-hydroxylation sites is 3. The molecular formula is C111H58O6S2. The summed E-state index contributed by atoms with van der Waals surface area (Å²) in [7, 11) is 0. The number of thiophene rings is 2. The summed E-state index contributed by atoms with van der Waals surface area (Å²) in [4.78, 5) is 0. The van der Waals surface area contributed by atoms with Gasteiger partial charge in [0.1, 0.15) is 67.0 Å². The van der Waals surface area contributed by atoms with Crippen LogP contribution in [-0.2, 0) is 5.41 Å². The summed E-state index contributed by atoms with van der Waals surface area (Å²) in [6.45, 7) is 4.75. The molecule has 0 spiro atoms. The standard InChI is InChI=1S/C40H20O2S.C37H22O2.C34H16O2S/c1-2-11-28-26(8-1)35-24(9-4-12-29(35)41-28)22-6-3-7-23(20-22)25-16-19-33-40-36(25)27-10-5-13-30-37(27)38-31(42-30)17-14-21-15-18-32(43-33)39(40)34(21)38;1-37(2)26-14-11-19-12-15-30-36-32(19)35(26)33-25(24-7-5-9-29(39-30)34(24)36)16-21(17-27(33)37)20-10-13-23-22-6-3-4-8-28(22)38-31(23)18-20;1-2-6-23-20(4-1)21-11-8-18(16-26(21)35-23)19-12-15-28-34-30(19)22-5-3-7-24-31(22)32-25(36-24)13-9-17-10-14-27(37-28)33(34)29(17)32/h1-20H;3-18H,1-2H3;1-16H. The Hall–Kier alpha value is -14.8. The molecule has 0 fully saturated rings. The van der Waals surface area contributed by atoms with Gasteiger partial charge < -0.3 is 26.5 Å². The van der Waals surface area contributed by atoms with Gasteiger partial charge in [-0.25, -0.2) is 0 Å². The molecule has 8 heteroatoms. The van der Waals surface area contributed by atoms with Gasteiger partial charge >= 0.3 is 0 Å². The van der Waals surface area contributed by atoms with E-state index in [0.717, 1.165) is 105 Å². The summed E-state index contributed by atoms with van der Waals surface area (Å²) in [5.74, 6) is 0. The molecule has 6 nitrogen and oxygen atoms in total. The third kappa shape index (κ3) is 8.24. The van der Waals surface area contributed by atoms with E-state index in [0.29, 0.717) is 0 Å². The number of fused-ring (bicyclic) bond motifs is 12. The minimum Gasteiger partial charge on any atom is -0.456 e. The van der Waals surface area contributed by atoms with E-state index in [4.69, 9.17) is 26.5 Å². The van der Waals surface area contributed by atoms with E-state index in [-0.39, 0.29) is 5.41 Å². The van der Waals surface area contributed by atoms with Gasteiger partial charge in [0.25, 0.3) is 0 Å². The highest BCUT2D eigenvalue weighted by Gasteiger charge is 2.41. The minimum atomic E-state index is -0.121. The average molecular weight is 1550 g/mol. The predicted octanol–water partition coefficient (Wildman–Crippen LogP) is 33.6. The van der Waals surface area contributed by atoms with Gasteiger partial charge in [-0.05, 0) is 244 Å². The summed E-state index contributed by atoms with van der Waals surface area (Å²) >= 11 is 3.77. The van der Waals surface area contributed by atoms with Crippen LogP contribution in [0.2, 0.25) is 0 Å². The van der Waals surface area contributed by atoms with Crippen LogP contribution in [0.5, 0.6) is 0 Å². The molecule has 0 bridgehead atoms. The second-order valence-electron chi connectivity index (χ2n) is 33.3. The van der Waals surface area contributed by atoms with E-state index in [1.165, 1.54) is 200 Å². The largest absolute Gasteiger partial charge is 0.456 e. The highest BCUT2D eigenvalue weighted by Crippen LogP contribution is 2.62. The second kappa shape index (κ2) is 22.4. The molecule has 8 aromatic heterocycles. The van der Waals surface area contributed by atoms with Crippen molar-refractivity contribution in [2.75, 3.05) is 0 Å². The third-order valence-electron chi connectivity index (χ3n) is 27.0. The molecule has 0 saturated heterocycles. The fourth-order valence-electron chi connectivity index (χ4n) is 21.9. The molecule has 27 aromatic rings. The highest BCUT2D eigenvalue weighted by atomic mass is 32.1. The summed E-state index contributed by atoms with van der Waals surface area (Å²) in [5.41, 5.74) is 33.9. The molecule has 4 aliphatic rings. The lowest BCUT2D eigenvalue weighted by molar-refractivity contribution is 0.661. The Kier molecular flexibility index (Phi) is 12.0. The zero-order valence-corrected chi connectivity index (χ0v) is 65.4. The van der Waals surface area contributed by atoms with Gasteiger partial charge in [-0.15, -0.1) is 22.7 Å². The number of furan rings is 6. The van der Waals surface area contributed by atoms with Gasteiger partial charge in [0.15, 0.2) is 0 Å². The highest BCUT2D eigenvalue weighted by molar-refractivity contribution is 7.26. The number of hydrogen-bond acceptors (Lipinski definition) is 8. The van der Waals surface area contributed by atoms with Crippen molar-refractivity contribution in [2.45, 2.75) is 19.3 Å². The lowest BCUT2D eigenvalue weighted by Gasteiger charge is -2.23. The van der Waals surface area contributed by atoms with E-state index in [1.54, 1.807) is 0 Å². The van der Waals surface area contributed by atoms with Crippen molar-refractivity contribution in [3.05, 3.63) is 327 Å². The predicted molar refractivity (Wildman–Crippen MR) is 498 cm³/mol. The Labute approximate surface area is 683 Å². The van der Waals surface area contributed by atoms with Gasteiger partial charge in [-0.2, -0.15) is 0 Å². The van der Waals surface area contributed by atoms with Crippen LogP contribution in [-0.4, -0.2) is 0 Å². The number of rotatable bonds is 4. The van der Waals surface area contributed by atoms with Crippen molar-refractivity contribution in [3.8, 4) is 89.0 Å². The van der Waals surface area contributed by atoms with Crippen LogP contribution in [0, 0.1) is 0 Å². The molecule has 0 atom stereocenters. The van der Waals surface area contributed by atoms with Crippen molar-refractivity contribution >= 4 is 227 Å². The van der Waals surface area contributed by atoms with Crippen LogP contribution in [0.1, 0.15) is 25.0 Å². The second-order valence-corrected chi connectivity index (χ2v) is 35.5. The Morgan fingerprint density at radius 3 is 1.17 bits per heavy atom. The van der Waals surface area contributed by atoms with Crippen molar-refractivity contribution in [1.29, 1.82) is 0 Å². The zero-order valence-electron chi connectivity index (χ0n) is 63.8. The Bertz CT molecular complexity index is 9430. The van der Waals surface area contributed by atoms with Crippen molar-refractivity contribution < 1.29 is 26.5 Å². The summed E-state index contributed by atoms with van der Waals surface area (Å²) in [5, 5.41) is 27.5. The molecular weight excluding hydrogens is 1490 g/mol. The minimum absolute atomic E-state index is 0.121. The molecule has 0 N–H and O–H groups in total. The van der Waals surface area contributed by atoms with Gasteiger partial charge in [0.05, 0.1) is 0 Å². The van der Waals surface area contributed by atoms with Crippen molar-refractivity contribution in [1.82, 2.24) is 0 Å². The van der Waals surface area contributed by atoms with E-state index in [1.807, 2.05) is 59.1 Å². The summed E-state index contributed by atoms with van der Waals surface area (Å²) in [6.07, 6.45) is 0. The van der Waals surface area contributed by atoms with Crippen molar-refractivity contribution in [2.24, 2.45) is 0 Å². The Balaban J connectivity index is 0.0000000911. The van der Waals surface area contributed by atoms with E-state index in [2.05, 4.69) is 293 Å². The Morgan fingerprint density at radius 1 is 0.185 bits per heavy atom. The van der Waals surface area contributed by atoms with Crippen LogP contribution in [0.4, 0.5) is 0 Å². The molecule has 0 aliphatic heterocycles. The van der Waals surface area contributed by atoms with Crippen LogP contribution >= 0.6 is 22.7 Å². The smallest absolute Gasteiger partial charge is 0.136 e. The monoisotopic (exact) mass is 1550 g/mol. The lowest BCUT2D eigenvalue weighted by Crippen LogP contribution is -2.15. The normalized spacial score (nSPS) is 13.4. The zero-order chi connectivity index (χ0) is 77.3. The maximum atomic E-state index is 6.48. The molecule has 19 aromatic carbocycles. The molecule has 31 rings (SSSR count). The van der Waals surface area contributed by atoms with Gasteiger partial charge in [0, 0.05) is 127 Å². The SMILES string of the molecule is CC1(C)c2cc(-c3ccc4c(c3)oc3ccccc34)cc3c2-c2c1ccc1ccc4oc5cccc-3c5c4c21.c1cc(-c2ccc3sc4ccc5ccc6oc7cccc8c7c6c5c4c3c2-8)cc(-c2cccc3oc4ccccc4c23)c1.c1ccc2c(c1)oc1cc(-c3ccc4sc5ccc6ccc7oc8cccc9c8c7c6c5c4c3-9)ccc12.